The number of carbonyl (C=O) groups excluding carboxylic acids is 1. The Kier molecular flexibility index (Phi) is 3.24. The van der Waals surface area contributed by atoms with Crippen LogP contribution in [0.1, 0.15) is 25.7 Å². The van der Waals surface area contributed by atoms with Crippen molar-refractivity contribution in [2.75, 3.05) is 19.7 Å². The van der Waals surface area contributed by atoms with Gasteiger partial charge in [0.25, 0.3) is 0 Å². The van der Waals surface area contributed by atoms with Crippen molar-refractivity contribution in [3.05, 3.63) is 0 Å². The van der Waals surface area contributed by atoms with Crippen molar-refractivity contribution in [2.45, 2.75) is 31.7 Å². The van der Waals surface area contributed by atoms with E-state index in [0.717, 1.165) is 38.8 Å². The maximum Gasteiger partial charge on any atom is 0.407 e. The molecule has 2 aliphatic rings. The molecule has 1 aliphatic carbocycles. The maximum atomic E-state index is 11.2. The van der Waals surface area contributed by atoms with Crippen LogP contribution in [0.25, 0.3) is 0 Å². The first-order valence-corrected chi connectivity index (χ1v) is 5.48. The van der Waals surface area contributed by atoms with Crippen LogP contribution in [0.4, 0.5) is 4.79 Å². The Labute approximate surface area is 84.4 Å². The molecule has 14 heavy (non-hydrogen) atoms. The number of hydrogen-bond donors (Lipinski definition) is 2. The van der Waals surface area contributed by atoms with Gasteiger partial charge in [-0.05, 0) is 44.7 Å². The second-order valence-electron chi connectivity index (χ2n) is 4.21. The Morgan fingerprint density at radius 2 is 2.00 bits per heavy atom. The molecule has 1 heterocycles. The predicted octanol–water partition coefficient (Wildman–Crippen LogP) is 0.875. The molecule has 0 unspecified atom stereocenters. The van der Waals surface area contributed by atoms with Gasteiger partial charge >= 0.3 is 6.09 Å². The van der Waals surface area contributed by atoms with E-state index >= 15 is 0 Å². The molecule has 0 radical (unpaired) electrons. The van der Waals surface area contributed by atoms with Crippen molar-refractivity contribution < 1.29 is 9.53 Å². The van der Waals surface area contributed by atoms with Gasteiger partial charge in [-0.1, -0.05) is 0 Å². The summed E-state index contributed by atoms with van der Waals surface area (Å²) >= 11 is 0. The van der Waals surface area contributed by atoms with Crippen LogP contribution in [-0.2, 0) is 4.74 Å². The first-order valence-electron chi connectivity index (χ1n) is 5.48. The molecule has 0 bridgehead atoms. The first-order chi connectivity index (χ1) is 6.84. The van der Waals surface area contributed by atoms with E-state index in [1.54, 1.807) is 0 Å². The van der Waals surface area contributed by atoms with Crippen LogP contribution < -0.4 is 10.6 Å². The molecule has 2 fully saturated rings. The summed E-state index contributed by atoms with van der Waals surface area (Å²) in [6.07, 6.45) is 4.24. The van der Waals surface area contributed by atoms with Crippen molar-refractivity contribution in [3.63, 3.8) is 0 Å². The molecule has 1 aliphatic heterocycles. The van der Waals surface area contributed by atoms with Crippen LogP contribution in [0.15, 0.2) is 0 Å². The van der Waals surface area contributed by atoms with Crippen molar-refractivity contribution in [3.8, 4) is 0 Å². The Hall–Kier alpha value is -0.770. The molecule has 2 rings (SSSR count). The molecule has 0 spiro atoms. The minimum atomic E-state index is -0.231. The summed E-state index contributed by atoms with van der Waals surface area (Å²) in [4.78, 5) is 11.2. The second kappa shape index (κ2) is 4.64. The highest BCUT2D eigenvalue weighted by Crippen LogP contribution is 2.19. The van der Waals surface area contributed by atoms with Gasteiger partial charge in [0.1, 0.15) is 0 Å². The van der Waals surface area contributed by atoms with Gasteiger partial charge in [-0.25, -0.2) is 4.79 Å². The quantitative estimate of drug-likeness (QED) is 0.707. The van der Waals surface area contributed by atoms with Crippen LogP contribution in [0.2, 0.25) is 0 Å². The van der Waals surface area contributed by atoms with Gasteiger partial charge in [0.2, 0.25) is 0 Å². The number of alkyl carbamates (subject to hydrolysis) is 1. The topological polar surface area (TPSA) is 50.4 Å². The average molecular weight is 198 g/mol. The zero-order valence-electron chi connectivity index (χ0n) is 8.42. The maximum absolute atomic E-state index is 11.2. The lowest BCUT2D eigenvalue weighted by Crippen LogP contribution is -2.33. The van der Waals surface area contributed by atoms with Crippen molar-refractivity contribution in [1.29, 1.82) is 0 Å². The molecule has 0 aromatic rings. The lowest BCUT2D eigenvalue weighted by molar-refractivity contribution is 0.117. The molecule has 0 aromatic carbocycles. The van der Waals surface area contributed by atoms with Crippen molar-refractivity contribution >= 4 is 6.09 Å². The molecular weight excluding hydrogens is 180 g/mol. The van der Waals surface area contributed by atoms with Crippen molar-refractivity contribution in [1.82, 2.24) is 10.6 Å². The van der Waals surface area contributed by atoms with Gasteiger partial charge in [0, 0.05) is 6.04 Å². The number of amides is 1. The van der Waals surface area contributed by atoms with Crippen LogP contribution >= 0.6 is 0 Å². The summed E-state index contributed by atoms with van der Waals surface area (Å²) in [5.74, 6) is 0.557. The SMILES string of the molecule is O=C(NC1CC1)OCC1CCNCC1. The number of ether oxygens (including phenoxy) is 1. The highest BCUT2D eigenvalue weighted by atomic mass is 16.5. The lowest BCUT2D eigenvalue weighted by Gasteiger charge is -2.22. The highest BCUT2D eigenvalue weighted by Gasteiger charge is 2.24. The van der Waals surface area contributed by atoms with E-state index in [0.29, 0.717) is 18.6 Å². The molecular formula is C10H18N2O2. The Morgan fingerprint density at radius 1 is 1.29 bits per heavy atom. The van der Waals surface area contributed by atoms with Gasteiger partial charge in [-0.2, -0.15) is 0 Å². The monoisotopic (exact) mass is 198 g/mol. The summed E-state index contributed by atoms with van der Waals surface area (Å²) in [6, 6.07) is 0.399. The molecule has 4 heteroatoms. The second-order valence-corrected chi connectivity index (χ2v) is 4.21. The molecule has 0 aromatic heterocycles. The van der Waals surface area contributed by atoms with Crippen molar-refractivity contribution in [2.24, 2.45) is 5.92 Å². The van der Waals surface area contributed by atoms with Gasteiger partial charge in [-0.3, -0.25) is 0 Å². The third kappa shape index (κ3) is 3.18. The third-order valence-corrected chi connectivity index (χ3v) is 2.81. The number of nitrogens with one attached hydrogen (secondary N) is 2. The summed E-state index contributed by atoms with van der Waals surface area (Å²) in [6.45, 7) is 2.69. The van der Waals surface area contributed by atoms with Crippen LogP contribution in [0.3, 0.4) is 0 Å². The van der Waals surface area contributed by atoms with Gasteiger partial charge in [0.05, 0.1) is 6.61 Å². The minimum Gasteiger partial charge on any atom is -0.449 e. The minimum absolute atomic E-state index is 0.231. The van der Waals surface area contributed by atoms with Gasteiger partial charge < -0.3 is 15.4 Å². The molecule has 4 nitrogen and oxygen atoms in total. The summed E-state index contributed by atoms with van der Waals surface area (Å²) in [5.41, 5.74) is 0. The first kappa shape index (κ1) is 9.77. The molecule has 1 amide bonds. The smallest absolute Gasteiger partial charge is 0.407 e. The molecule has 80 valence electrons. The third-order valence-electron chi connectivity index (χ3n) is 2.81. The molecule has 2 N–H and O–H groups in total. The zero-order valence-corrected chi connectivity index (χ0v) is 8.42. The van der Waals surface area contributed by atoms with E-state index in [9.17, 15) is 4.79 Å². The van der Waals surface area contributed by atoms with E-state index in [1.165, 1.54) is 0 Å². The molecule has 1 saturated heterocycles. The fraction of sp³-hybridized carbons (Fsp3) is 0.900. The number of rotatable bonds is 3. The van der Waals surface area contributed by atoms with Crippen LogP contribution in [0, 0.1) is 5.92 Å². The number of hydrogen-bond acceptors (Lipinski definition) is 3. The van der Waals surface area contributed by atoms with E-state index in [4.69, 9.17) is 4.74 Å². The average Bonchev–Trinajstić information content (AvgIpc) is 3.00. The largest absolute Gasteiger partial charge is 0.449 e. The molecule has 0 atom stereocenters. The van der Waals surface area contributed by atoms with E-state index < -0.39 is 0 Å². The van der Waals surface area contributed by atoms with E-state index in [-0.39, 0.29) is 6.09 Å². The summed E-state index contributed by atoms with van der Waals surface area (Å²) in [7, 11) is 0. The molecule has 1 saturated carbocycles. The van der Waals surface area contributed by atoms with Crippen LogP contribution in [-0.4, -0.2) is 31.8 Å². The van der Waals surface area contributed by atoms with Gasteiger partial charge in [-0.15, -0.1) is 0 Å². The van der Waals surface area contributed by atoms with Crippen LogP contribution in [0.5, 0.6) is 0 Å². The van der Waals surface area contributed by atoms with E-state index in [1.807, 2.05) is 0 Å². The Balaban J connectivity index is 1.57. The summed E-state index contributed by atoms with van der Waals surface area (Å²) < 4.78 is 5.15. The lowest BCUT2D eigenvalue weighted by atomic mass is 9.99. The number of piperidine rings is 1. The Bertz CT molecular complexity index is 198. The number of carbonyl (C=O) groups is 1. The summed E-state index contributed by atoms with van der Waals surface area (Å²) in [5, 5.41) is 6.11. The zero-order chi connectivity index (χ0) is 9.80. The van der Waals surface area contributed by atoms with E-state index in [2.05, 4.69) is 10.6 Å². The highest BCUT2D eigenvalue weighted by molar-refractivity contribution is 5.67. The fourth-order valence-electron chi connectivity index (χ4n) is 1.68. The predicted molar refractivity (Wildman–Crippen MR) is 53.1 cm³/mol. The Morgan fingerprint density at radius 3 is 2.64 bits per heavy atom. The van der Waals surface area contributed by atoms with Gasteiger partial charge in [0.15, 0.2) is 0 Å². The fourth-order valence-corrected chi connectivity index (χ4v) is 1.68. The standard InChI is InChI=1S/C10H18N2O2/c13-10(12-9-1-2-9)14-7-8-3-5-11-6-4-8/h8-9,11H,1-7H2,(H,12,13). The normalized spacial score (nSPS) is 23.1.